The standard InChI is InChI=1S/C36H42N6O7/c1-5-41(6-2)36(46)32-16-22-15-23(11-12-29(22)49-32)39-34(44)28-17-24(21-40(28)3)38-33(43)10-8-14-48-31-19-27-26(18-30(31)47-4)35(45)42-13-7-9-25(42)20-37-27/h11-12,16-22,25H,5-10,13-15H2,1-4H3,(H,38,43)(H,39,44)/t22?,25-/m0/s1. The SMILES string of the molecule is CCN(CC)C(=O)C1=CC2CC(NC(=O)c3cc(NC(=O)CCCOc4cc5c(cc4OC)C(=O)N4CCC[C@H]4C=N5)cn3C)=CC=C2O1. The van der Waals surface area contributed by atoms with Crippen molar-refractivity contribution in [2.24, 2.45) is 18.0 Å². The van der Waals surface area contributed by atoms with Crippen LogP contribution in [0.5, 0.6) is 11.5 Å². The number of aromatic nitrogens is 1. The molecule has 2 atom stereocenters. The highest BCUT2D eigenvalue weighted by Gasteiger charge is 2.33. The van der Waals surface area contributed by atoms with E-state index in [4.69, 9.17) is 14.2 Å². The normalized spacial score (nSPS) is 19.0. The molecular weight excluding hydrogens is 628 g/mol. The minimum absolute atomic E-state index is 0.00866. The van der Waals surface area contributed by atoms with Crippen molar-refractivity contribution in [3.05, 3.63) is 71.1 Å². The Kier molecular flexibility index (Phi) is 9.88. The third-order valence-corrected chi connectivity index (χ3v) is 9.16. The van der Waals surface area contributed by atoms with Gasteiger partial charge in [0.2, 0.25) is 5.91 Å². The van der Waals surface area contributed by atoms with Gasteiger partial charge >= 0.3 is 0 Å². The molecule has 1 aromatic heterocycles. The molecule has 4 heterocycles. The lowest BCUT2D eigenvalue weighted by Gasteiger charge is -2.20. The second kappa shape index (κ2) is 14.4. The Morgan fingerprint density at radius 2 is 1.92 bits per heavy atom. The van der Waals surface area contributed by atoms with Crippen LogP contribution in [0, 0.1) is 5.92 Å². The van der Waals surface area contributed by atoms with Gasteiger partial charge in [0.1, 0.15) is 11.5 Å². The van der Waals surface area contributed by atoms with Crippen molar-refractivity contribution in [3.63, 3.8) is 0 Å². The number of aryl methyl sites for hydroxylation is 1. The predicted molar refractivity (Wildman–Crippen MR) is 183 cm³/mol. The van der Waals surface area contributed by atoms with Crippen LogP contribution < -0.4 is 20.1 Å². The zero-order valence-corrected chi connectivity index (χ0v) is 28.3. The van der Waals surface area contributed by atoms with E-state index in [1.807, 2.05) is 31.0 Å². The Morgan fingerprint density at radius 1 is 1.10 bits per heavy atom. The van der Waals surface area contributed by atoms with Gasteiger partial charge in [-0.2, -0.15) is 0 Å². The molecule has 3 aliphatic heterocycles. The number of carbonyl (C=O) groups is 4. The molecule has 2 N–H and O–H groups in total. The van der Waals surface area contributed by atoms with E-state index in [9.17, 15) is 19.2 Å². The number of ether oxygens (including phenoxy) is 3. The number of nitrogens with one attached hydrogen (secondary N) is 2. The number of fused-ring (bicyclic) bond motifs is 3. The van der Waals surface area contributed by atoms with Gasteiger partial charge < -0.3 is 39.2 Å². The van der Waals surface area contributed by atoms with E-state index >= 15 is 0 Å². The second-order valence-corrected chi connectivity index (χ2v) is 12.4. The molecule has 6 rings (SSSR count). The van der Waals surface area contributed by atoms with Crippen LogP contribution in [0.3, 0.4) is 0 Å². The van der Waals surface area contributed by atoms with E-state index in [1.54, 1.807) is 53.1 Å². The Labute approximate surface area is 285 Å². The molecule has 0 radical (unpaired) electrons. The van der Waals surface area contributed by atoms with Gasteiger partial charge in [0.25, 0.3) is 17.7 Å². The van der Waals surface area contributed by atoms with Crippen molar-refractivity contribution < 1.29 is 33.4 Å². The van der Waals surface area contributed by atoms with Crippen LogP contribution in [0.25, 0.3) is 0 Å². The summed E-state index contributed by atoms with van der Waals surface area (Å²) in [6.07, 6.45) is 11.9. The first-order valence-electron chi connectivity index (χ1n) is 16.8. The average Bonchev–Trinajstić information content (AvgIpc) is 3.82. The quantitative estimate of drug-likeness (QED) is 0.318. The van der Waals surface area contributed by atoms with Gasteiger partial charge in [-0.05, 0) is 63.5 Å². The smallest absolute Gasteiger partial charge is 0.289 e. The monoisotopic (exact) mass is 670 g/mol. The molecule has 0 saturated carbocycles. The van der Waals surface area contributed by atoms with Crippen LogP contribution in [0.15, 0.2) is 64.8 Å². The minimum atomic E-state index is -0.317. The number of methoxy groups -OCH3 is 1. The first-order chi connectivity index (χ1) is 23.7. The Hall–Kier alpha value is -5.33. The molecule has 0 spiro atoms. The number of anilines is 1. The van der Waals surface area contributed by atoms with Gasteiger partial charge in [0, 0.05) is 69.6 Å². The number of hydrogen-bond donors (Lipinski definition) is 2. The van der Waals surface area contributed by atoms with Crippen LogP contribution in [0.1, 0.15) is 66.8 Å². The highest BCUT2D eigenvalue weighted by Crippen LogP contribution is 2.38. The highest BCUT2D eigenvalue weighted by molar-refractivity contribution is 6.03. The van der Waals surface area contributed by atoms with Crippen molar-refractivity contribution in [2.45, 2.75) is 52.0 Å². The molecular formula is C36H42N6O7. The fraction of sp³-hybridized carbons (Fsp3) is 0.417. The van der Waals surface area contributed by atoms with Gasteiger partial charge in [-0.3, -0.25) is 24.2 Å². The van der Waals surface area contributed by atoms with E-state index in [0.29, 0.717) is 83.8 Å². The molecule has 49 heavy (non-hydrogen) atoms. The lowest BCUT2D eigenvalue weighted by molar-refractivity contribution is -0.129. The van der Waals surface area contributed by atoms with Crippen molar-refractivity contribution in [3.8, 4) is 11.5 Å². The Morgan fingerprint density at radius 3 is 2.69 bits per heavy atom. The maximum Gasteiger partial charge on any atom is 0.289 e. The lowest BCUT2D eigenvalue weighted by atomic mass is 9.96. The summed E-state index contributed by atoms with van der Waals surface area (Å²) in [5, 5.41) is 5.81. The largest absolute Gasteiger partial charge is 0.493 e. The van der Waals surface area contributed by atoms with Gasteiger partial charge in [-0.25, -0.2) is 0 Å². The first kappa shape index (κ1) is 33.6. The number of amides is 4. The fourth-order valence-corrected chi connectivity index (χ4v) is 6.51. The van der Waals surface area contributed by atoms with Crippen LogP contribution in [0.4, 0.5) is 11.4 Å². The van der Waals surface area contributed by atoms with Crippen LogP contribution >= 0.6 is 0 Å². The number of benzene rings is 1. The predicted octanol–water partition coefficient (Wildman–Crippen LogP) is 4.45. The molecule has 258 valence electrons. The molecule has 13 nitrogen and oxygen atoms in total. The van der Waals surface area contributed by atoms with E-state index < -0.39 is 0 Å². The zero-order chi connectivity index (χ0) is 34.7. The van der Waals surface area contributed by atoms with Gasteiger partial charge in [-0.1, -0.05) is 0 Å². The van der Waals surface area contributed by atoms with Crippen molar-refractivity contribution in [1.82, 2.24) is 19.7 Å². The van der Waals surface area contributed by atoms with Crippen molar-refractivity contribution in [1.29, 1.82) is 0 Å². The third kappa shape index (κ3) is 7.10. The highest BCUT2D eigenvalue weighted by atomic mass is 16.5. The molecule has 0 bridgehead atoms. The van der Waals surface area contributed by atoms with Crippen molar-refractivity contribution >= 4 is 41.2 Å². The number of hydrogen-bond acceptors (Lipinski definition) is 8. The summed E-state index contributed by atoms with van der Waals surface area (Å²) in [6.45, 7) is 6.00. The molecule has 1 fully saturated rings. The average molecular weight is 671 g/mol. The second-order valence-electron chi connectivity index (χ2n) is 12.4. The van der Waals surface area contributed by atoms with Crippen LogP contribution in [-0.4, -0.2) is 83.6 Å². The number of aliphatic imine (C=N–C) groups is 1. The summed E-state index contributed by atoms with van der Waals surface area (Å²) in [5.41, 5.74) is 2.60. The van der Waals surface area contributed by atoms with Gasteiger partial charge in [-0.15, -0.1) is 0 Å². The maximum absolute atomic E-state index is 13.2. The van der Waals surface area contributed by atoms with E-state index in [0.717, 1.165) is 12.8 Å². The lowest BCUT2D eigenvalue weighted by Crippen LogP contribution is -2.35. The summed E-state index contributed by atoms with van der Waals surface area (Å²) in [4.78, 5) is 59.8. The molecule has 1 aromatic carbocycles. The number of likely N-dealkylation sites (N-methyl/N-ethyl adjacent to an activating group) is 1. The number of carbonyl (C=O) groups excluding carboxylic acids is 4. The first-order valence-corrected chi connectivity index (χ1v) is 16.8. The molecule has 1 unspecified atom stereocenters. The maximum atomic E-state index is 13.2. The van der Waals surface area contributed by atoms with Gasteiger partial charge in [0.15, 0.2) is 17.3 Å². The topological polar surface area (TPSA) is 144 Å². The van der Waals surface area contributed by atoms with E-state index in [1.165, 1.54) is 7.11 Å². The molecule has 1 saturated heterocycles. The molecule has 1 aliphatic carbocycles. The minimum Gasteiger partial charge on any atom is -0.493 e. The van der Waals surface area contributed by atoms with E-state index in [2.05, 4.69) is 15.6 Å². The molecule has 4 amide bonds. The van der Waals surface area contributed by atoms with Gasteiger partial charge in [0.05, 0.1) is 36.7 Å². The zero-order valence-electron chi connectivity index (χ0n) is 28.3. The molecule has 4 aliphatic rings. The summed E-state index contributed by atoms with van der Waals surface area (Å²) in [5.74, 6) is 1.02. The number of nitrogens with zero attached hydrogens (tertiary/aromatic N) is 4. The Balaban J connectivity index is 0.988. The Bertz CT molecular complexity index is 1780. The van der Waals surface area contributed by atoms with Crippen LogP contribution in [0.2, 0.25) is 0 Å². The number of rotatable bonds is 12. The summed E-state index contributed by atoms with van der Waals surface area (Å²) in [6, 6.07) is 5.02. The third-order valence-electron chi connectivity index (χ3n) is 9.16. The molecule has 13 heteroatoms. The fourth-order valence-electron chi connectivity index (χ4n) is 6.51. The van der Waals surface area contributed by atoms with Crippen LogP contribution in [-0.2, 0) is 21.4 Å². The summed E-state index contributed by atoms with van der Waals surface area (Å²) < 4.78 is 18.9. The van der Waals surface area contributed by atoms with E-state index in [-0.39, 0.29) is 48.6 Å². The summed E-state index contributed by atoms with van der Waals surface area (Å²) >= 11 is 0. The van der Waals surface area contributed by atoms with Crippen molar-refractivity contribution in [2.75, 3.05) is 38.7 Å². The summed E-state index contributed by atoms with van der Waals surface area (Å²) in [7, 11) is 3.26. The molecule has 2 aromatic rings. The number of allylic oxidation sites excluding steroid dienone is 4.